The maximum Gasteiger partial charge on any atom is 0.334 e. The maximum absolute atomic E-state index is 11.3. The maximum atomic E-state index is 11.3. The van der Waals surface area contributed by atoms with Gasteiger partial charge in [0.1, 0.15) is 5.76 Å². The normalized spacial score (nSPS) is 10.8. The van der Waals surface area contributed by atoms with Gasteiger partial charge in [-0.3, -0.25) is 0 Å². The molecule has 0 atom stereocenters. The summed E-state index contributed by atoms with van der Waals surface area (Å²) < 4.78 is 20.7. The number of ether oxygens (including phenoxy) is 4. The quantitative estimate of drug-likeness (QED) is 0.450. The number of carbonyl (C=O) groups is 1. The summed E-state index contributed by atoms with van der Waals surface area (Å²) in [5.74, 6) is 1.47. The summed E-state index contributed by atoms with van der Waals surface area (Å²) in [5.41, 5.74) is 0. The molecule has 0 heterocycles. The molecular weight excluding hydrogens is 248 g/mol. The molecule has 1 rings (SSSR count). The fraction of sp³-hybridized carbons (Fsp3) is 0.357. The number of rotatable bonds is 6. The lowest BCUT2D eigenvalue weighted by molar-refractivity contribution is -0.137. The van der Waals surface area contributed by atoms with Crippen LogP contribution in [0.5, 0.6) is 17.2 Å². The lowest BCUT2D eigenvalue weighted by atomic mass is 10.3. The smallest absolute Gasteiger partial charge is 0.334 e. The number of hydrogen-bond acceptors (Lipinski definition) is 5. The van der Waals surface area contributed by atoms with E-state index in [1.807, 2.05) is 0 Å². The van der Waals surface area contributed by atoms with Gasteiger partial charge in [-0.15, -0.1) is 0 Å². The SMILES string of the molecule is CCOC(=O)C=C(C)Oc1cccc(OC)c1OC. The van der Waals surface area contributed by atoms with Crippen LogP contribution in [0.3, 0.4) is 0 Å². The first-order valence-corrected chi connectivity index (χ1v) is 5.86. The van der Waals surface area contributed by atoms with Crippen molar-refractivity contribution in [1.29, 1.82) is 0 Å². The summed E-state index contributed by atoms with van der Waals surface area (Å²) in [4.78, 5) is 11.3. The largest absolute Gasteiger partial charge is 0.493 e. The predicted octanol–water partition coefficient (Wildman–Crippen LogP) is 2.55. The van der Waals surface area contributed by atoms with Crippen LogP contribution in [0.4, 0.5) is 0 Å². The summed E-state index contributed by atoms with van der Waals surface area (Å²) in [5, 5.41) is 0. The zero-order chi connectivity index (χ0) is 14.3. The van der Waals surface area contributed by atoms with Gasteiger partial charge >= 0.3 is 5.97 Å². The van der Waals surface area contributed by atoms with E-state index < -0.39 is 5.97 Å². The molecule has 0 spiro atoms. The monoisotopic (exact) mass is 266 g/mol. The third kappa shape index (κ3) is 4.21. The van der Waals surface area contributed by atoms with Gasteiger partial charge < -0.3 is 18.9 Å². The molecule has 0 radical (unpaired) electrons. The second-order valence-electron chi connectivity index (χ2n) is 3.60. The van der Waals surface area contributed by atoms with Crippen molar-refractivity contribution in [3.63, 3.8) is 0 Å². The van der Waals surface area contributed by atoms with Crippen LogP contribution in [0.2, 0.25) is 0 Å². The number of benzene rings is 1. The average Bonchev–Trinajstić information content (AvgIpc) is 2.38. The number of carbonyl (C=O) groups excluding carboxylic acids is 1. The van der Waals surface area contributed by atoms with E-state index in [0.717, 1.165) is 0 Å². The Morgan fingerprint density at radius 3 is 2.47 bits per heavy atom. The molecule has 0 N–H and O–H groups in total. The minimum Gasteiger partial charge on any atom is -0.493 e. The van der Waals surface area contributed by atoms with Crippen LogP contribution in [0.15, 0.2) is 30.0 Å². The molecule has 1 aromatic rings. The van der Waals surface area contributed by atoms with Gasteiger partial charge in [0.15, 0.2) is 11.5 Å². The van der Waals surface area contributed by atoms with Gasteiger partial charge in [0.25, 0.3) is 0 Å². The molecule has 0 aliphatic carbocycles. The second kappa shape index (κ2) is 7.31. The number of esters is 1. The number of allylic oxidation sites excluding steroid dienone is 1. The van der Waals surface area contributed by atoms with Gasteiger partial charge in [-0.05, 0) is 26.0 Å². The fourth-order valence-corrected chi connectivity index (χ4v) is 1.49. The van der Waals surface area contributed by atoms with Gasteiger partial charge in [0, 0.05) is 0 Å². The first kappa shape index (κ1) is 14.9. The molecular formula is C14H18O5. The van der Waals surface area contributed by atoms with Crippen LogP contribution in [0, 0.1) is 0 Å². The minimum atomic E-state index is -0.443. The summed E-state index contributed by atoms with van der Waals surface area (Å²) in [6.45, 7) is 3.73. The Bertz CT molecular complexity index is 465. The summed E-state index contributed by atoms with van der Waals surface area (Å²) in [6.07, 6.45) is 1.28. The molecule has 0 saturated carbocycles. The van der Waals surface area contributed by atoms with Crippen molar-refractivity contribution in [2.24, 2.45) is 0 Å². The van der Waals surface area contributed by atoms with Crippen LogP contribution < -0.4 is 14.2 Å². The standard InChI is InChI=1S/C14H18O5/c1-5-18-13(15)9-10(2)19-12-8-6-7-11(16-3)14(12)17-4/h6-9H,5H2,1-4H3. The van der Waals surface area contributed by atoms with Gasteiger partial charge in [-0.2, -0.15) is 0 Å². The van der Waals surface area contributed by atoms with Crippen molar-refractivity contribution < 1.29 is 23.7 Å². The van der Waals surface area contributed by atoms with E-state index in [1.54, 1.807) is 39.2 Å². The second-order valence-corrected chi connectivity index (χ2v) is 3.60. The molecule has 0 unspecified atom stereocenters. The van der Waals surface area contributed by atoms with Crippen molar-refractivity contribution in [2.75, 3.05) is 20.8 Å². The number of para-hydroxylation sites is 1. The molecule has 104 valence electrons. The van der Waals surface area contributed by atoms with Gasteiger partial charge in [-0.25, -0.2) is 4.79 Å². The van der Waals surface area contributed by atoms with Crippen LogP contribution in [-0.4, -0.2) is 26.8 Å². The van der Waals surface area contributed by atoms with Crippen molar-refractivity contribution >= 4 is 5.97 Å². The van der Waals surface area contributed by atoms with E-state index in [4.69, 9.17) is 18.9 Å². The number of hydrogen-bond donors (Lipinski definition) is 0. The lowest BCUT2D eigenvalue weighted by Gasteiger charge is -2.13. The van der Waals surface area contributed by atoms with E-state index >= 15 is 0 Å². The summed E-state index contributed by atoms with van der Waals surface area (Å²) in [6, 6.07) is 5.26. The van der Waals surface area contributed by atoms with Gasteiger partial charge in [0.2, 0.25) is 5.75 Å². The third-order valence-electron chi connectivity index (χ3n) is 2.25. The van der Waals surface area contributed by atoms with Crippen LogP contribution in [0.25, 0.3) is 0 Å². The molecule has 5 nitrogen and oxygen atoms in total. The van der Waals surface area contributed by atoms with Gasteiger partial charge in [0.05, 0.1) is 26.9 Å². The highest BCUT2D eigenvalue weighted by atomic mass is 16.5. The van der Waals surface area contributed by atoms with Crippen molar-refractivity contribution in [1.82, 2.24) is 0 Å². The van der Waals surface area contributed by atoms with E-state index in [0.29, 0.717) is 29.6 Å². The zero-order valence-electron chi connectivity index (χ0n) is 11.6. The first-order valence-electron chi connectivity index (χ1n) is 5.86. The Balaban J connectivity index is 2.90. The predicted molar refractivity (Wildman–Crippen MR) is 70.6 cm³/mol. The van der Waals surface area contributed by atoms with Crippen molar-refractivity contribution in [2.45, 2.75) is 13.8 Å². The molecule has 5 heteroatoms. The van der Waals surface area contributed by atoms with Gasteiger partial charge in [-0.1, -0.05) is 6.07 Å². The summed E-state index contributed by atoms with van der Waals surface area (Å²) in [7, 11) is 3.07. The Labute approximate surface area is 112 Å². The summed E-state index contributed by atoms with van der Waals surface area (Å²) >= 11 is 0. The molecule has 0 aromatic heterocycles. The lowest BCUT2D eigenvalue weighted by Crippen LogP contribution is -2.03. The molecule has 0 saturated heterocycles. The Morgan fingerprint density at radius 1 is 1.21 bits per heavy atom. The molecule has 0 bridgehead atoms. The molecule has 0 fully saturated rings. The van der Waals surface area contributed by atoms with E-state index in [1.165, 1.54) is 13.2 Å². The van der Waals surface area contributed by atoms with Crippen molar-refractivity contribution in [3.8, 4) is 17.2 Å². The number of methoxy groups -OCH3 is 2. The minimum absolute atomic E-state index is 0.324. The highest BCUT2D eigenvalue weighted by molar-refractivity contribution is 5.82. The highest BCUT2D eigenvalue weighted by Crippen LogP contribution is 2.37. The van der Waals surface area contributed by atoms with E-state index in [9.17, 15) is 4.79 Å². The van der Waals surface area contributed by atoms with Crippen molar-refractivity contribution in [3.05, 3.63) is 30.0 Å². The highest BCUT2D eigenvalue weighted by Gasteiger charge is 2.11. The van der Waals surface area contributed by atoms with E-state index in [2.05, 4.69) is 0 Å². The molecule has 1 aromatic carbocycles. The first-order chi connectivity index (χ1) is 9.12. The zero-order valence-corrected chi connectivity index (χ0v) is 11.6. The van der Waals surface area contributed by atoms with Crippen LogP contribution in [-0.2, 0) is 9.53 Å². The van der Waals surface area contributed by atoms with E-state index in [-0.39, 0.29) is 0 Å². The van der Waals surface area contributed by atoms with Crippen LogP contribution >= 0.6 is 0 Å². The topological polar surface area (TPSA) is 54.0 Å². The third-order valence-corrected chi connectivity index (χ3v) is 2.25. The van der Waals surface area contributed by atoms with Crippen LogP contribution in [0.1, 0.15) is 13.8 Å². The fourth-order valence-electron chi connectivity index (χ4n) is 1.49. The molecule has 0 aliphatic heterocycles. The Kier molecular flexibility index (Phi) is 5.73. The molecule has 0 aliphatic rings. The molecule has 19 heavy (non-hydrogen) atoms. The molecule has 0 amide bonds. The average molecular weight is 266 g/mol. The Morgan fingerprint density at radius 2 is 1.89 bits per heavy atom. The Hall–Kier alpha value is -2.17.